The summed E-state index contributed by atoms with van der Waals surface area (Å²) >= 11 is 6.94. The van der Waals surface area contributed by atoms with E-state index in [0.29, 0.717) is 47.7 Å². The first-order valence-corrected chi connectivity index (χ1v) is 13.6. The quantitative estimate of drug-likeness (QED) is 0.353. The van der Waals surface area contributed by atoms with E-state index < -0.39 is 11.5 Å². The van der Waals surface area contributed by atoms with Gasteiger partial charge in [-0.05, 0) is 42.3 Å². The number of hydrogen-bond donors (Lipinski definition) is 1. The lowest BCUT2D eigenvalue weighted by Gasteiger charge is -2.40. The molecule has 1 unspecified atom stereocenters. The highest BCUT2D eigenvalue weighted by Crippen LogP contribution is 2.48. The van der Waals surface area contributed by atoms with Crippen molar-refractivity contribution in [2.24, 2.45) is 0 Å². The van der Waals surface area contributed by atoms with E-state index in [2.05, 4.69) is 16.5 Å². The van der Waals surface area contributed by atoms with Gasteiger partial charge in [0.1, 0.15) is 24.0 Å². The Bertz CT molecular complexity index is 1770. The number of benzene rings is 2. The van der Waals surface area contributed by atoms with Crippen molar-refractivity contribution >= 4 is 34.2 Å². The number of halogens is 2. The second kappa shape index (κ2) is 10.2. The molecule has 2 aromatic heterocycles. The molecule has 210 valence electrons. The van der Waals surface area contributed by atoms with Crippen LogP contribution in [0.4, 0.5) is 10.2 Å². The molecule has 1 atom stereocenters. The molecular weight excluding hydrogens is 549 g/mol. The van der Waals surface area contributed by atoms with Crippen LogP contribution in [0, 0.1) is 5.82 Å². The van der Waals surface area contributed by atoms with Crippen molar-refractivity contribution in [2.75, 3.05) is 31.1 Å². The Morgan fingerprint density at radius 2 is 2.07 bits per heavy atom. The second-order valence-corrected chi connectivity index (χ2v) is 10.7. The van der Waals surface area contributed by atoms with Crippen LogP contribution in [0.5, 0.6) is 11.5 Å². The normalized spacial score (nSPS) is 16.4. The molecular formula is C30H27ClFN5O4. The molecule has 6 rings (SSSR count). The minimum Gasteiger partial charge on any atom is -0.507 e. The van der Waals surface area contributed by atoms with Gasteiger partial charge in [0.15, 0.2) is 5.75 Å². The summed E-state index contributed by atoms with van der Waals surface area (Å²) in [6, 6.07) is 8.75. The Balaban J connectivity index is 1.69. The fraction of sp³-hybridized carbons (Fsp3) is 0.267. The lowest BCUT2D eigenvalue weighted by molar-refractivity contribution is -0.126. The maximum Gasteiger partial charge on any atom is 0.354 e. The first-order valence-electron chi connectivity index (χ1n) is 13.2. The number of aromatic nitrogens is 3. The van der Waals surface area contributed by atoms with Crippen LogP contribution in [0.1, 0.15) is 25.5 Å². The van der Waals surface area contributed by atoms with Gasteiger partial charge in [-0.3, -0.25) is 14.3 Å². The molecule has 2 aliphatic heterocycles. The molecule has 1 N–H and O–H groups in total. The molecule has 4 heterocycles. The molecule has 2 aromatic carbocycles. The van der Waals surface area contributed by atoms with Crippen LogP contribution in [-0.2, 0) is 4.79 Å². The Morgan fingerprint density at radius 1 is 1.27 bits per heavy atom. The van der Waals surface area contributed by atoms with E-state index in [1.807, 2.05) is 18.7 Å². The average molecular weight is 576 g/mol. The third kappa shape index (κ3) is 4.30. The van der Waals surface area contributed by atoms with Crippen molar-refractivity contribution in [3.63, 3.8) is 0 Å². The van der Waals surface area contributed by atoms with Gasteiger partial charge in [0.2, 0.25) is 5.91 Å². The number of hydrogen-bond acceptors (Lipinski definition) is 7. The molecule has 11 heteroatoms. The number of carbonyl (C=O) groups is 1. The number of carbonyl (C=O) groups excluding carboxylic acids is 1. The van der Waals surface area contributed by atoms with Crippen molar-refractivity contribution in [1.82, 2.24) is 19.4 Å². The smallest absolute Gasteiger partial charge is 0.354 e. The van der Waals surface area contributed by atoms with Crippen molar-refractivity contribution in [3.8, 4) is 28.3 Å². The first kappa shape index (κ1) is 26.8. The van der Waals surface area contributed by atoms with Crippen LogP contribution >= 0.6 is 11.6 Å². The maximum absolute atomic E-state index is 15.2. The van der Waals surface area contributed by atoms with E-state index in [1.165, 1.54) is 28.8 Å². The van der Waals surface area contributed by atoms with Gasteiger partial charge in [-0.2, -0.15) is 4.98 Å². The van der Waals surface area contributed by atoms with E-state index >= 15 is 4.39 Å². The Hall–Kier alpha value is -4.44. The first-order chi connectivity index (χ1) is 19.7. The third-order valence-corrected chi connectivity index (χ3v) is 7.96. The van der Waals surface area contributed by atoms with E-state index in [4.69, 9.17) is 16.3 Å². The number of amides is 1. The molecule has 0 spiro atoms. The molecule has 1 fully saturated rings. The van der Waals surface area contributed by atoms with E-state index in [-0.39, 0.29) is 52.1 Å². The Morgan fingerprint density at radius 3 is 2.80 bits per heavy atom. The number of phenols is 1. The zero-order chi connectivity index (χ0) is 29.0. The number of piperazine rings is 1. The van der Waals surface area contributed by atoms with E-state index in [1.54, 1.807) is 29.3 Å². The van der Waals surface area contributed by atoms with Gasteiger partial charge < -0.3 is 19.6 Å². The molecule has 9 nitrogen and oxygen atoms in total. The van der Waals surface area contributed by atoms with Crippen LogP contribution in [0.25, 0.3) is 27.7 Å². The summed E-state index contributed by atoms with van der Waals surface area (Å²) in [4.78, 5) is 39.0. The number of ether oxygens (including phenoxy) is 1. The molecule has 0 aliphatic carbocycles. The molecule has 1 saturated heterocycles. The van der Waals surface area contributed by atoms with Gasteiger partial charge in [-0.15, -0.1) is 0 Å². The molecule has 0 saturated carbocycles. The minimum atomic E-state index is -0.685. The molecule has 2 aliphatic rings. The summed E-state index contributed by atoms with van der Waals surface area (Å²) < 4.78 is 22.9. The maximum atomic E-state index is 15.2. The van der Waals surface area contributed by atoms with Crippen LogP contribution in [0.2, 0.25) is 5.02 Å². The predicted octanol–water partition coefficient (Wildman–Crippen LogP) is 4.66. The SMILES string of the molecule is C=CC(=O)N1CCN2c3nc(=O)n(-c4cccnc4C(C)C)c4cc(-c5c(O)cccc5F)c(Cl)c(c34)OCC2C1. The number of anilines is 1. The molecule has 1 amide bonds. The fourth-order valence-electron chi connectivity index (χ4n) is 5.68. The molecule has 4 aromatic rings. The number of pyridine rings is 1. The van der Waals surface area contributed by atoms with Crippen LogP contribution in [0.15, 0.2) is 60.0 Å². The van der Waals surface area contributed by atoms with Crippen LogP contribution < -0.4 is 15.3 Å². The van der Waals surface area contributed by atoms with Gasteiger partial charge in [-0.1, -0.05) is 38.1 Å². The van der Waals surface area contributed by atoms with Crippen molar-refractivity contribution in [1.29, 1.82) is 0 Å². The highest BCUT2D eigenvalue weighted by Gasteiger charge is 2.37. The molecule has 0 radical (unpaired) electrons. The highest BCUT2D eigenvalue weighted by molar-refractivity contribution is 6.36. The highest BCUT2D eigenvalue weighted by atomic mass is 35.5. The van der Waals surface area contributed by atoms with Crippen molar-refractivity contribution in [2.45, 2.75) is 25.8 Å². The van der Waals surface area contributed by atoms with Gasteiger partial charge in [0, 0.05) is 31.4 Å². The molecule has 41 heavy (non-hydrogen) atoms. The van der Waals surface area contributed by atoms with Crippen LogP contribution in [-0.4, -0.2) is 62.7 Å². The van der Waals surface area contributed by atoms with Crippen LogP contribution in [0.3, 0.4) is 0 Å². The number of aromatic hydroxyl groups is 1. The monoisotopic (exact) mass is 575 g/mol. The minimum absolute atomic E-state index is 0.0264. The number of rotatable bonds is 4. The fourth-order valence-corrected chi connectivity index (χ4v) is 5.98. The summed E-state index contributed by atoms with van der Waals surface area (Å²) in [5.41, 5.74) is 1.04. The zero-order valence-electron chi connectivity index (χ0n) is 22.5. The lowest BCUT2D eigenvalue weighted by Crippen LogP contribution is -2.56. The standard InChI is InChI=1S/C30H27ClFN5O4/c1-4-23(39)35-11-12-36-17(14-35)15-41-28-25-21(13-18(26(28)31)24-19(32)7-5-9-22(24)38)37(30(40)34-29(25)36)20-8-6-10-33-27(20)16(2)3/h4-10,13,16-17,38H,1,11-12,14-15H2,2-3H3. The second-order valence-electron chi connectivity index (χ2n) is 10.4. The van der Waals surface area contributed by atoms with Gasteiger partial charge in [-0.25, -0.2) is 9.18 Å². The predicted molar refractivity (Wildman–Crippen MR) is 155 cm³/mol. The van der Waals surface area contributed by atoms with Gasteiger partial charge in [0.25, 0.3) is 0 Å². The van der Waals surface area contributed by atoms with E-state index in [9.17, 15) is 14.7 Å². The lowest BCUT2D eigenvalue weighted by atomic mass is 10.00. The zero-order valence-corrected chi connectivity index (χ0v) is 23.2. The van der Waals surface area contributed by atoms with Crippen molar-refractivity contribution < 1.29 is 19.0 Å². The van der Waals surface area contributed by atoms with E-state index in [0.717, 1.165) is 0 Å². The number of phenolic OH excluding ortho intramolecular Hbond substituents is 1. The third-order valence-electron chi connectivity index (χ3n) is 7.58. The average Bonchev–Trinajstić information content (AvgIpc) is 3.12. The Labute approximate surface area is 240 Å². The summed E-state index contributed by atoms with van der Waals surface area (Å²) in [5, 5.41) is 11.2. The largest absolute Gasteiger partial charge is 0.507 e. The molecule has 0 bridgehead atoms. The summed E-state index contributed by atoms with van der Waals surface area (Å²) in [5.74, 6) is -0.643. The van der Waals surface area contributed by atoms with Gasteiger partial charge in [0.05, 0.1) is 38.9 Å². The summed E-state index contributed by atoms with van der Waals surface area (Å²) in [6.07, 6.45) is 2.93. The number of fused-ring (bicyclic) bond motifs is 2. The summed E-state index contributed by atoms with van der Waals surface area (Å²) in [7, 11) is 0. The number of nitrogens with zero attached hydrogens (tertiary/aromatic N) is 5. The summed E-state index contributed by atoms with van der Waals surface area (Å²) in [6.45, 7) is 8.78. The topological polar surface area (TPSA) is 101 Å². The Kier molecular flexibility index (Phi) is 6.65. The van der Waals surface area contributed by atoms with Crippen molar-refractivity contribution in [3.05, 3.63) is 82.3 Å². The van der Waals surface area contributed by atoms with Gasteiger partial charge >= 0.3 is 5.69 Å².